The van der Waals surface area contributed by atoms with Gasteiger partial charge in [0.25, 0.3) is 11.8 Å². The number of aromatic nitrogens is 5. The SMILES string of the molecule is Cc1nc(C(=O)N[C@H](C)CO)ccc1-c1ccc(C[C@H](N)C(=O)N(c2ccc(-c3nn[nH]n3)cc2)C(=O)[C@H]2CC[C@H](CNC(=O)OC(C)(C)C)CC2)cc1.O=C(O)C(F)(F)F. The largest absolute Gasteiger partial charge is 0.490 e. The lowest BCUT2D eigenvalue weighted by molar-refractivity contribution is -0.192. The van der Waals surface area contributed by atoms with Crippen LogP contribution in [0.3, 0.4) is 0 Å². The first-order valence-electron chi connectivity index (χ1n) is 19.4. The Morgan fingerprint density at radius 3 is 2.08 bits per heavy atom. The quantitative estimate of drug-likeness (QED) is 0.113. The molecule has 0 radical (unpaired) electrons. The van der Waals surface area contributed by atoms with Gasteiger partial charge >= 0.3 is 18.2 Å². The second-order valence-electron chi connectivity index (χ2n) is 15.6. The number of tetrazole rings is 1. The minimum Gasteiger partial charge on any atom is -0.475 e. The fourth-order valence-corrected chi connectivity index (χ4v) is 6.41. The Bertz CT molecular complexity index is 2120. The molecule has 2 heterocycles. The second-order valence-corrected chi connectivity index (χ2v) is 15.6. The third-order valence-electron chi connectivity index (χ3n) is 9.55. The molecule has 4 amide bonds. The van der Waals surface area contributed by atoms with Crippen molar-refractivity contribution in [3.05, 3.63) is 77.6 Å². The molecule has 0 spiro atoms. The van der Waals surface area contributed by atoms with E-state index in [1.165, 1.54) is 4.90 Å². The van der Waals surface area contributed by atoms with E-state index in [1.54, 1.807) is 37.3 Å². The number of anilines is 1. The van der Waals surface area contributed by atoms with Crippen molar-refractivity contribution >= 4 is 35.5 Å². The summed E-state index contributed by atoms with van der Waals surface area (Å²) in [6.45, 7) is 9.22. The van der Waals surface area contributed by atoms with Gasteiger partial charge in [0.1, 0.15) is 11.3 Å². The Hall–Kier alpha value is -6.28. The topological polar surface area (TPSA) is 256 Å². The first-order valence-corrected chi connectivity index (χ1v) is 19.4. The van der Waals surface area contributed by atoms with Crippen LogP contribution in [0.1, 0.15) is 75.1 Å². The zero-order chi connectivity index (χ0) is 45.1. The molecule has 7 N–H and O–H groups in total. The van der Waals surface area contributed by atoms with Crippen molar-refractivity contribution in [1.82, 2.24) is 36.2 Å². The molecule has 5 rings (SSSR count). The number of aliphatic hydroxyl groups excluding tert-OH is 1. The van der Waals surface area contributed by atoms with Gasteiger partial charge < -0.3 is 31.3 Å². The Morgan fingerprint density at radius 1 is 0.951 bits per heavy atom. The van der Waals surface area contributed by atoms with Crippen LogP contribution in [0.4, 0.5) is 23.7 Å². The molecule has 20 heteroatoms. The van der Waals surface area contributed by atoms with Gasteiger partial charge in [0.15, 0.2) is 0 Å². The summed E-state index contributed by atoms with van der Waals surface area (Å²) in [4.78, 5) is 67.5. The van der Waals surface area contributed by atoms with Crippen molar-refractivity contribution in [1.29, 1.82) is 0 Å². The van der Waals surface area contributed by atoms with Crippen LogP contribution >= 0.6 is 0 Å². The maximum Gasteiger partial charge on any atom is 0.490 e. The molecule has 0 bridgehead atoms. The Kier molecular flexibility index (Phi) is 16.2. The third-order valence-corrected chi connectivity index (χ3v) is 9.55. The van der Waals surface area contributed by atoms with Gasteiger partial charge in [0.05, 0.1) is 18.3 Å². The van der Waals surface area contributed by atoms with Crippen molar-refractivity contribution in [2.75, 3.05) is 18.1 Å². The number of hydrogen-bond donors (Lipinski definition) is 6. The number of aryl methyl sites for hydroxylation is 1. The predicted octanol–water partition coefficient (Wildman–Crippen LogP) is 4.74. The molecule has 1 saturated carbocycles. The van der Waals surface area contributed by atoms with E-state index in [2.05, 4.69) is 36.2 Å². The lowest BCUT2D eigenvalue weighted by Crippen LogP contribution is -2.50. The number of rotatable bonds is 12. The molecule has 2 aromatic heterocycles. The van der Waals surface area contributed by atoms with Crippen LogP contribution in [0.5, 0.6) is 0 Å². The number of nitrogens with two attached hydrogens (primary N) is 1. The smallest absolute Gasteiger partial charge is 0.475 e. The molecule has 1 aliphatic carbocycles. The number of imide groups is 1. The van der Waals surface area contributed by atoms with E-state index in [9.17, 15) is 37.5 Å². The average molecular weight is 854 g/mol. The minimum atomic E-state index is -5.08. The molecule has 1 fully saturated rings. The number of carboxylic acid groups (broad SMARTS) is 1. The predicted molar refractivity (Wildman–Crippen MR) is 216 cm³/mol. The Morgan fingerprint density at radius 2 is 1.56 bits per heavy atom. The molecule has 4 aromatic rings. The zero-order valence-electron chi connectivity index (χ0n) is 34.3. The highest BCUT2D eigenvalue weighted by Gasteiger charge is 2.38. The van der Waals surface area contributed by atoms with Gasteiger partial charge in [0, 0.05) is 35.3 Å². The van der Waals surface area contributed by atoms with Crippen molar-refractivity contribution in [2.45, 2.75) is 90.6 Å². The number of nitrogens with zero attached hydrogens (tertiary/aromatic N) is 5. The van der Waals surface area contributed by atoms with E-state index in [0.717, 1.165) is 16.7 Å². The number of nitrogens with one attached hydrogen (secondary N) is 3. The Balaban J connectivity index is 0.00000107. The summed E-state index contributed by atoms with van der Waals surface area (Å²) in [6, 6.07) is 16.4. The molecule has 2 atom stereocenters. The van der Waals surface area contributed by atoms with E-state index >= 15 is 0 Å². The van der Waals surface area contributed by atoms with Crippen LogP contribution in [0, 0.1) is 18.8 Å². The molecule has 0 aliphatic heterocycles. The second kappa shape index (κ2) is 20.8. The highest BCUT2D eigenvalue weighted by molar-refractivity contribution is 6.17. The van der Waals surface area contributed by atoms with Crippen LogP contribution in [0.2, 0.25) is 0 Å². The summed E-state index contributed by atoms with van der Waals surface area (Å²) >= 11 is 0. The molecule has 2 aromatic carbocycles. The number of pyridine rings is 1. The van der Waals surface area contributed by atoms with E-state index in [4.69, 9.17) is 20.4 Å². The number of benzene rings is 2. The molecular formula is C41H50F3N9O8. The fraction of sp³-hybridized carbons (Fsp3) is 0.439. The number of carbonyl (C=O) groups is 5. The lowest BCUT2D eigenvalue weighted by Gasteiger charge is -2.32. The number of amides is 4. The molecule has 17 nitrogen and oxygen atoms in total. The number of hydrogen-bond acceptors (Lipinski definition) is 12. The first kappa shape index (κ1) is 47.4. The van der Waals surface area contributed by atoms with Crippen molar-refractivity contribution in [3.8, 4) is 22.5 Å². The lowest BCUT2D eigenvalue weighted by atomic mass is 9.81. The summed E-state index contributed by atoms with van der Waals surface area (Å²) < 4.78 is 37.1. The van der Waals surface area contributed by atoms with E-state index in [1.807, 2.05) is 58.0 Å². The molecule has 1 aliphatic rings. The number of aliphatic hydroxyl groups is 1. The molecular weight excluding hydrogens is 804 g/mol. The van der Waals surface area contributed by atoms with E-state index in [0.29, 0.717) is 55.0 Å². The van der Waals surface area contributed by atoms with E-state index in [-0.39, 0.29) is 42.5 Å². The molecule has 61 heavy (non-hydrogen) atoms. The number of ether oxygens (including phenoxy) is 1. The summed E-state index contributed by atoms with van der Waals surface area (Å²) in [5.41, 5.74) is 10.5. The highest BCUT2D eigenvalue weighted by Crippen LogP contribution is 2.32. The molecule has 328 valence electrons. The van der Waals surface area contributed by atoms with Gasteiger partial charge in [0.2, 0.25) is 11.7 Å². The standard InChI is InChI=1S/C39H49N9O6.C2HF3O2/c1-23(22-49)42-35(50)33-19-18-31(24(2)43-33)27-10-6-25(7-11-27)20-32(40)37(52)48(30-16-14-28(15-17-30)34-44-46-47-45-34)36(51)29-12-8-26(9-13-29)21-41-38(53)54-39(3,4)5;3-2(4,5)1(6)7/h6-7,10-11,14-19,23,26,29,32,49H,8-9,12-13,20-22,40H2,1-5H3,(H,41,53)(H,42,50)(H,44,45,46,47);(H,6,7)/t23-,26-,29-,32+;/m1./s1. The summed E-state index contributed by atoms with van der Waals surface area (Å²) in [6.07, 6.45) is -2.84. The van der Waals surface area contributed by atoms with Crippen LogP contribution in [-0.4, -0.2) is 103 Å². The normalized spacial score (nSPS) is 16.2. The third kappa shape index (κ3) is 13.9. The number of aliphatic carboxylic acids is 1. The summed E-state index contributed by atoms with van der Waals surface area (Å²) in [5.74, 6) is -3.80. The number of carboxylic acids is 1. The average Bonchev–Trinajstić information content (AvgIpc) is 3.75. The van der Waals surface area contributed by atoms with Gasteiger partial charge in [-0.25, -0.2) is 19.5 Å². The van der Waals surface area contributed by atoms with Crippen molar-refractivity contribution in [2.24, 2.45) is 17.6 Å². The number of alkyl halides is 3. The zero-order valence-corrected chi connectivity index (χ0v) is 34.3. The number of alkyl carbamates (subject to hydrolysis) is 1. The maximum atomic E-state index is 14.2. The number of aromatic amines is 1. The van der Waals surface area contributed by atoms with Crippen LogP contribution in [0.15, 0.2) is 60.7 Å². The van der Waals surface area contributed by atoms with Gasteiger partial charge in [-0.2, -0.15) is 18.4 Å². The van der Waals surface area contributed by atoms with Gasteiger partial charge in [-0.15, -0.1) is 10.2 Å². The Labute approximate surface area is 349 Å². The monoisotopic (exact) mass is 853 g/mol. The van der Waals surface area contributed by atoms with E-state index < -0.39 is 41.7 Å². The summed E-state index contributed by atoms with van der Waals surface area (Å²) in [5, 5.41) is 35.9. The first-order chi connectivity index (χ1) is 28.7. The number of carbonyl (C=O) groups excluding carboxylic acids is 4. The van der Waals surface area contributed by atoms with Crippen molar-refractivity contribution in [3.63, 3.8) is 0 Å². The number of H-pyrrole nitrogens is 1. The van der Waals surface area contributed by atoms with Crippen molar-refractivity contribution < 1.29 is 52.1 Å². The molecule has 0 saturated heterocycles. The number of halogens is 3. The fourth-order valence-electron chi connectivity index (χ4n) is 6.41. The minimum absolute atomic E-state index is 0.173. The maximum absolute atomic E-state index is 14.2. The summed E-state index contributed by atoms with van der Waals surface area (Å²) in [7, 11) is 0. The van der Waals surface area contributed by atoms with Crippen LogP contribution in [0.25, 0.3) is 22.5 Å². The van der Waals surface area contributed by atoms with Gasteiger partial charge in [-0.1, -0.05) is 30.3 Å². The van der Waals surface area contributed by atoms with Gasteiger partial charge in [-0.3, -0.25) is 14.4 Å². The molecule has 0 unspecified atom stereocenters. The highest BCUT2D eigenvalue weighted by atomic mass is 19.4. The van der Waals surface area contributed by atoms with Gasteiger partial charge in [-0.05, 0) is 119 Å². The van der Waals surface area contributed by atoms with Crippen LogP contribution in [-0.2, 0) is 25.5 Å². The van der Waals surface area contributed by atoms with Crippen LogP contribution < -0.4 is 21.3 Å².